The van der Waals surface area contributed by atoms with Crippen LogP contribution >= 0.6 is 0 Å². The van der Waals surface area contributed by atoms with E-state index in [1.807, 2.05) is 30.0 Å². The zero-order valence-electron chi connectivity index (χ0n) is 29.8. The van der Waals surface area contributed by atoms with Crippen LogP contribution in [-0.4, -0.2) is 87.7 Å². The Morgan fingerprint density at radius 1 is 0.980 bits per heavy atom. The fourth-order valence-corrected chi connectivity index (χ4v) is 8.64. The Morgan fingerprint density at radius 3 is 2.42 bits per heavy atom. The van der Waals surface area contributed by atoms with Crippen molar-refractivity contribution in [3.05, 3.63) is 54.0 Å². The van der Waals surface area contributed by atoms with E-state index < -0.39 is 6.09 Å². The van der Waals surface area contributed by atoms with E-state index in [0.717, 1.165) is 118 Å². The topological polar surface area (TPSA) is 125 Å². The summed E-state index contributed by atoms with van der Waals surface area (Å²) in [6.07, 6.45) is 12.2. The van der Waals surface area contributed by atoms with Gasteiger partial charge >= 0.3 is 6.09 Å². The van der Waals surface area contributed by atoms with Crippen LogP contribution in [0.2, 0.25) is 0 Å². The first-order chi connectivity index (χ1) is 24.3. The number of carboxylic acid groups (broad SMARTS) is 1. The van der Waals surface area contributed by atoms with Gasteiger partial charge in [0.05, 0.1) is 18.8 Å². The molecule has 4 heterocycles. The number of likely N-dealkylation sites (N-methyl/N-ethyl adjacent to an activating group) is 1. The van der Waals surface area contributed by atoms with E-state index in [1.165, 1.54) is 0 Å². The van der Waals surface area contributed by atoms with Crippen LogP contribution in [0.4, 0.5) is 10.6 Å². The summed E-state index contributed by atoms with van der Waals surface area (Å²) >= 11 is 0. The Labute approximate surface area is 295 Å². The van der Waals surface area contributed by atoms with Crippen LogP contribution in [-0.2, 0) is 4.79 Å². The Balaban J connectivity index is 1.07. The Hall–Kier alpha value is -3.99. The lowest BCUT2D eigenvalue weighted by Crippen LogP contribution is -2.58. The highest BCUT2D eigenvalue weighted by molar-refractivity contribution is 5.94. The number of methoxy groups -OCH3 is 1. The molecule has 4 fully saturated rings. The van der Waals surface area contributed by atoms with Gasteiger partial charge < -0.3 is 19.2 Å². The van der Waals surface area contributed by atoms with E-state index in [-0.39, 0.29) is 23.8 Å². The molecule has 1 unspecified atom stereocenters. The average molecular weight is 685 g/mol. The predicted octanol–water partition coefficient (Wildman–Crippen LogP) is 7.12. The van der Waals surface area contributed by atoms with Gasteiger partial charge in [0, 0.05) is 61.4 Å². The fourth-order valence-electron chi connectivity index (χ4n) is 8.64. The minimum absolute atomic E-state index is 0.0196. The van der Waals surface area contributed by atoms with Crippen molar-refractivity contribution in [1.82, 2.24) is 24.8 Å². The first-order valence-electron chi connectivity index (χ1n) is 18.8. The summed E-state index contributed by atoms with van der Waals surface area (Å²) in [7, 11) is 1.68. The summed E-state index contributed by atoms with van der Waals surface area (Å²) in [5.74, 6) is 3.74. The van der Waals surface area contributed by atoms with Gasteiger partial charge in [-0.25, -0.2) is 14.8 Å². The smallest absolute Gasteiger partial charge is 0.407 e. The number of hydrogen-bond acceptors (Lipinski definition) is 8. The van der Waals surface area contributed by atoms with E-state index in [4.69, 9.17) is 24.1 Å². The van der Waals surface area contributed by atoms with E-state index >= 15 is 0 Å². The van der Waals surface area contributed by atoms with Crippen LogP contribution in [0.25, 0.3) is 11.3 Å². The number of nitrogens with zero attached hydrogens (tertiary/aromatic N) is 6. The van der Waals surface area contributed by atoms with Crippen LogP contribution in [0.15, 0.2) is 41.1 Å². The van der Waals surface area contributed by atoms with Crippen molar-refractivity contribution in [2.75, 3.05) is 44.7 Å². The molecular formula is C39H52N6O5. The molecule has 2 amide bonds. The summed E-state index contributed by atoms with van der Waals surface area (Å²) in [5, 5.41) is 9.96. The van der Waals surface area contributed by atoms with Crippen LogP contribution in [0.3, 0.4) is 0 Å². The number of carbonyl (C=O) groups excluding carboxylic acids is 1. The zero-order chi connectivity index (χ0) is 34.8. The van der Waals surface area contributed by atoms with E-state index in [0.29, 0.717) is 36.7 Å². The van der Waals surface area contributed by atoms with Gasteiger partial charge in [0.1, 0.15) is 23.5 Å². The summed E-state index contributed by atoms with van der Waals surface area (Å²) in [5.41, 5.74) is 3.73. The SMILES string of the molecule is CCN1CCN(C(=O)O)C([C@H]2CC[C@H](C(=O)N(C[C@H]3CC[C@H](c4ccc(OC)c(C)n4)CC3)c3cc(-c4coc(C5CC5)n4)ccn3)CC2)C1. The maximum atomic E-state index is 14.6. The number of hydrogen-bond donors (Lipinski definition) is 1. The standard InChI is InChI=1S/C39H52N6O5/c1-4-43-19-20-44(39(47)48)34(23-43)28-9-13-30(14-10-28)38(46)45(36-21-31(17-18-40-36)33-24-50-37(42-33)29-11-12-29)22-26-5-7-27(8-6-26)32-15-16-35(49-3)25(2)41-32/h15-18,21,24,26-30,34H,4-14,19-20,22-23H2,1-3H3,(H,47,48)/t26-,27-,28-,30-,34?. The van der Waals surface area contributed by atoms with Crippen molar-refractivity contribution in [2.24, 2.45) is 17.8 Å². The molecule has 3 saturated carbocycles. The lowest BCUT2D eigenvalue weighted by molar-refractivity contribution is -0.124. The molecule has 50 heavy (non-hydrogen) atoms. The molecule has 268 valence electrons. The Morgan fingerprint density at radius 2 is 1.74 bits per heavy atom. The molecule has 0 radical (unpaired) electrons. The van der Waals surface area contributed by atoms with Crippen molar-refractivity contribution in [3.8, 4) is 17.0 Å². The fraction of sp³-hybridized carbons (Fsp3) is 0.615. The molecule has 0 spiro atoms. The van der Waals surface area contributed by atoms with Gasteiger partial charge in [-0.05, 0) is 114 Å². The normalized spacial score (nSPS) is 26.1. The van der Waals surface area contributed by atoms with Gasteiger partial charge in [-0.3, -0.25) is 19.6 Å². The molecule has 1 saturated heterocycles. The average Bonchev–Trinajstić information content (AvgIpc) is 3.89. The molecule has 11 nitrogen and oxygen atoms in total. The summed E-state index contributed by atoms with van der Waals surface area (Å²) in [6, 6.07) is 8.04. The monoisotopic (exact) mass is 684 g/mol. The largest absolute Gasteiger partial charge is 0.495 e. The van der Waals surface area contributed by atoms with Gasteiger partial charge in [0.25, 0.3) is 0 Å². The zero-order valence-corrected chi connectivity index (χ0v) is 29.8. The molecule has 3 aromatic rings. The Kier molecular flexibility index (Phi) is 10.4. The molecule has 3 aromatic heterocycles. The molecule has 0 bridgehead atoms. The minimum Gasteiger partial charge on any atom is -0.495 e. The van der Waals surface area contributed by atoms with Crippen LogP contribution in [0.5, 0.6) is 5.75 Å². The maximum Gasteiger partial charge on any atom is 0.407 e. The first-order valence-corrected chi connectivity index (χ1v) is 18.8. The van der Waals surface area contributed by atoms with Crippen molar-refractivity contribution < 1.29 is 23.8 Å². The Bertz CT molecular complexity index is 1640. The number of rotatable bonds is 10. The number of carbonyl (C=O) groups is 2. The second kappa shape index (κ2) is 15.1. The first kappa shape index (κ1) is 34.5. The second-order valence-corrected chi connectivity index (χ2v) is 15.0. The van der Waals surface area contributed by atoms with E-state index in [2.05, 4.69) is 17.9 Å². The number of ether oxygens (including phenoxy) is 1. The van der Waals surface area contributed by atoms with Gasteiger partial charge in [-0.1, -0.05) is 6.92 Å². The lowest BCUT2D eigenvalue weighted by atomic mass is 9.76. The van der Waals surface area contributed by atoms with Gasteiger partial charge in [-0.2, -0.15) is 0 Å². The molecule has 0 aromatic carbocycles. The molecule has 3 aliphatic carbocycles. The van der Waals surface area contributed by atoms with Gasteiger partial charge in [0.2, 0.25) is 5.91 Å². The van der Waals surface area contributed by atoms with Crippen molar-refractivity contribution in [2.45, 2.75) is 95.9 Å². The lowest BCUT2D eigenvalue weighted by Gasteiger charge is -2.45. The van der Waals surface area contributed by atoms with Crippen LogP contribution in [0.1, 0.15) is 100 Å². The van der Waals surface area contributed by atoms with E-state index in [1.54, 1.807) is 24.5 Å². The number of oxazole rings is 1. The minimum atomic E-state index is -0.829. The quantitative estimate of drug-likeness (QED) is 0.238. The van der Waals surface area contributed by atoms with Crippen molar-refractivity contribution in [1.29, 1.82) is 0 Å². The maximum absolute atomic E-state index is 14.6. The molecule has 11 heteroatoms. The van der Waals surface area contributed by atoms with Gasteiger partial charge in [0.15, 0.2) is 5.89 Å². The molecule has 1 aliphatic heterocycles. The third-order valence-electron chi connectivity index (χ3n) is 11.9. The molecule has 1 atom stereocenters. The second-order valence-electron chi connectivity index (χ2n) is 15.0. The highest BCUT2D eigenvalue weighted by Crippen LogP contribution is 2.41. The van der Waals surface area contributed by atoms with Crippen molar-refractivity contribution in [3.63, 3.8) is 0 Å². The van der Waals surface area contributed by atoms with Gasteiger partial charge in [-0.15, -0.1) is 0 Å². The number of aromatic nitrogens is 3. The molecular weight excluding hydrogens is 632 g/mol. The summed E-state index contributed by atoms with van der Waals surface area (Å²) < 4.78 is 11.2. The number of anilines is 1. The number of aryl methyl sites for hydroxylation is 1. The highest BCUT2D eigenvalue weighted by atomic mass is 16.5. The third-order valence-corrected chi connectivity index (χ3v) is 11.9. The summed E-state index contributed by atoms with van der Waals surface area (Å²) in [4.78, 5) is 47.1. The van der Waals surface area contributed by atoms with Crippen molar-refractivity contribution >= 4 is 17.8 Å². The third kappa shape index (κ3) is 7.53. The molecule has 1 N–H and O–H groups in total. The summed E-state index contributed by atoms with van der Waals surface area (Å²) in [6.45, 7) is 7.79. The molecule has 7 rings (SSSR count). The van der Waals surface area contributed by atoms with Crippen LogP contribution < -0.4 is 9.64 Å². The number of amides is 2. The molecule has 4 aliphatic rings. The highest BCUT2D eigenvalue weighted by Gasteiger charge is 2.40. The number of piperazine rings is 1. The number of pyridine rings is 2. The van der Waals surface area contributed by atoms with Crippen LogP contribution in [0, 0.1) is 24.7 Å². The van der Waals surface area contributed by atoms with E-state index in [9.17, 15) is 14.7 Å². The predicted molar refractivity (Wildman–Crippen MR) is 190 cm³/mol.